The molecule has 0 bridgehead atoms. The number of carboxylic acids is 1. The number of carbonyl (C=O) groups is 1. The zero-order valence-corrected chi connectivity index (χ0v) is 18.3. The zero-order chi connectivity index (χ0) is 24.3. The van der Waals surface area contributed by atoms with E-state index in [-0.39, 0.29) is 5.95 Å². The van der Waals surface area contributed by atoms with E-state index < -0.39 is 23.4 Å². The molecule has 1 saturated heterocycles. The number of pyridine rings is 1. The first-order valence-corrected chi connectivity index (χ1v) is 10.6. The highest BCUT2D eigenvalue weighted by molar-refractivity contribution is 5.83. The van der Waals surface area contributed by atoms with E-state index in [9.17, 15) is 23.1 Å². The lowest BCUT2D eigenvalue weighted by Crippen LogP contribution is -2.53. The molecule has 0 saturated carbocycles. The van der Waals surface area contributed by atoms with Crippen molar-refractivity contribution in [2.24, 2.45) is 0 Å². The summed E-state index contributed by atoms with van der Waals surface area (Å²) in [6.45, 7) is 3.07. The molecule has 0 radical (unpaired) electrons. The lowest BCUT2D eigenvalue weighted by Gasteiger charge is -2.34. The summed E-state index contributed by atoms with van der Waals surface area (Å²) >= 11 is 0. The number of hydrogen-bond acceptors (Lipinski definition) is 7. The third kappa shape index (κ3) is 5.25. The first-order chi connectivity index (χ1) is 16.1. The van der Waals surface area contributed by atoms with Crippen LogP contribution < -0.4 is 16.0 Å². The fourth-order valence-electron chi connectivity index (χ4n) is 3.86. The van der Waals surface area contributed by atoms with Gasteiger partial charge in [-0.3, -0.25) is 0 Å². The molecule has 34 heavy (non-hydrogen) atoms. The first kappa shape index (κ1) is 23.4. The van der Waals surface area contributed by atoms with Crippen LogP contribution >= 0.6 is 0 Å². The highest BCUT2D eigenvalue weighted by Crippen LogP contribution is 2.30. The van der Waals surface area contributed by atoms with Crippen LogP contribution in [0.15, 0.2) is 48.8 Å². The molecule has 1 aliphatic rings. The predicted octanol–water partition coefficient (Wildman–Crippen LogP) is 4.23. The topological polar surface area (TPSA) is 112 Å². The van der Waals surface area contributed by atoms with Gasteiger partial charge in [-0.15, -0.1) is 0 Å². The van der Waals surface area contributed by atoms with Crippen molar-refractivity contribution >= 4 is 23.4 Å². The van der Waals surface area contributed by atoms with Gasteiger partial charge in [0.1, 0.15) is 17.1 Å². The Hall–Kier alpha value is -3.73. The molecule has 1 aromatic carbocycles. The van der Waals surface area contributed by atoms with Gasteiger partial charge in [0.2, 0.25) is 5.95 Å². The van der Waals surface area contributed by atoms with Crippen LogP contribution in [0, 0.1) is 6.92 Å². The van der Waals surface area contributed by atoms with Gasteiger partial charge < -0.3 is 21.1 Å². The van der Waals surface area contributed by atoms with Crippen LogP contribution in [0.25, 0.3) is 11.1 Å². The Kier molecular flexibility index (Phi) is 6.38. The lowest BCUT2D eigenvalue weighted by molar-refractivity contribution is -0.143. The van der Waals surface area contributed by atoms with Crippen molar-refractivity contribution in [2.45, 2.75) is 31.5 Å². The van der Waals surface area contributed by atoms with Crippen molar-refractivity contribution < 1.29 is 23.1 Å². The summed E-state index contributed by atoms with van der Waals surface area (Å²) in [4.78, 5) is 23.7. The molecule has 0 spiro atoms. The number of alkyl halides is 3. The fourth-order valence-corrected chi connectivity index (χ4v) is 3.86. The third-order valence-corrected chi connectivity index (χ3v) is 5.61. The quantitative estimate of drug-likeness (QED) is 0.422. The third-order valence-electron chi connectivity index (χ3n) is 5.61. The molecule has 0 unspecified atom stereocenters. The summed E-state index contributed by atoms with van der Waals surface area (Å²) in [5.41, 5.74) is 0.841. The van der Waals surface area contributed by atoms with E-state index in [0.717, 1.165) is 29.0 Å². The van der Waals surface area contributed by atoms with Crippen molar-refractivity contribution in [1.82, 2.24) is 20.3 Å². The highest BCUT2D eigenvalue weighted by Gasteiger charge is 2.40. The molecule has 4 N–H and O–H groups in total. The van der Waals surface area contributed by atoms with Gasteiger partial charge in [0, 0.05) is 23.6 Å². The number of piperidine rings is 1. The Balaban J connectivity index is 1.54. The molecule has 178 valence electrons. The van der Waals surface area contributed by atoms with Gasteiger partial charge in [-0.2, -0.15) is 13.2 Å². The summed E-state index contributed by atoms with van der Waals surface area (Å²) in [5, 5.41) is 18.8. The second kappa shape index (κ2) is 9.26. The molecule has 2 aromatic heterocycles. The smallest absolute Gasteiger partial charge is 0.433 e. The lowest BCUT2D eigenvalue weighted by atomic mass is 9.88. The van der Waals surface area contributed by atoms with Crippen molar-refractivity contribution in [3.63, 3.8) is 0 Å². The SMILES string of the molecule is Cc1cc(Nc2nccc(C(F)(F)F)n2)cc(-c2ccc(NC3(C(=O)O)CCNCC3)nc2)c1. The number of anilines is 3. The molecule has 1 fully saturated rings. The van der Waals surface area contributed by atoms with Crippen molar-refractivity contribution in [2.75, 3.05) is 23.7 Å². The van der Waals surface area contributed by atoms with Crippen LogP contribution in [0.2, 0.25) is 0 Å². The maximum absolute atomic E-state index is 12.9. The van der Waals surface area contributed by atoms with Crippen LogP contribution in [0.3, 0.4) is 0 Å². The monoisotopic (exact) mass is 472 g/mol. The number of rotatable bonds is 6. The second-order valence-corrected chi connectivity index (χ2v) is 8.17. The Morgan fingerprint density at radius 2 is 1.85 bits per heavy atom. The molecule has 1 aliphatic heterocycles. The van der Waals surface area contributed by atoms with Crippen LogP contribution in [-0.4, -0.2) is 44.7 Å². The van der Waals surface area contributed by atoms with E-state index in [0.29, 0.717) is 37.4 Å². The van der Waals surface area contributed by atoms with Crippen molar-refractivity contribution in [3.8, 4) is 11.1 Å². The van der Waals surface area contributed by atoms with Gasteiger partial charge in [0.25, 0.3) is 0 Å². The highest BCUT2D eigenvalue weighted by atomic mass is 19.4. The summed E-state index contributed by atoms with van der Waals surface area (Å²) in [5.74, 6) is -0.618. The van der Waals surface area contributed by atoms with Gasteiger partial charge in [0.05, 0.1) is 0 Å². The first-order valence-electron chi connectivity index (χ1n) is 10.6. The number of aryl methyl sites for hydroxylation is 1. The summed E-state index contributed by atoms with van der Waals surface area (Å²) < 4.78 is 38.8. The number of carboxylic acid groups (broad SMARTS) is 1. The number of halogens is 3. The molecular formula is C23H23F3N6O2. The number of nitrogens with zero attached hydrogens (tertiary/aromatic N) is 3. The maximum Gasteiger partial charge on any atom is 0.433 e. The van der Waals surface area contributed by atoms with E-state index in [2.05, 4.69) is 30.9 Å². The molecule has 3 aromatic rings. The van der Waals surface area contributed by atoms with E-state index in [4.69, 9.17) is 0 Å². The van der Waals surface area contributed by atoms with Crippen LogP contribution in [-0.2, 0) is 11.0 Å². The maximum atomic E-state index is 12.9. The Morgan fingerprint density at radius 1 is 1.09 bits per heavy atom. The Labute approximate surface area is 193 Å². The number of aromatic nitrogens is 3. The van der Waals surface area contributed by atoms with Crippen LogP contribution in [0.4, 0.5) is 30.6 Å². The minimum atomic E-state index is -4.56. The normalized spacial score (nSPS) is 15.5. The van der Waals surface area contributed by atoms with Gasteiger partial charge in [-0.1, -0.05) is 6.07 Å². The minimum Gasteiger partial charge on any atom is -0.480 e. The summed E-state index contributed by atoms with van der Waals surface area (Å²) in [6, 6.07) is 9.77. The Bertz CT molecular complexity index is 1180. The molecule has 8 nitrogen and oxygen atoms in total. The number of hydrogen-bond donors (Lipinski definition) is 4. The van der Waals surface area contributed by atoms with E-state index >= 15 is 0 Å². The van der Waals surface area contributed by atoms with Gasteiger partial charge in [-0.25, -0.2) is 19.7 Å². The van der Waals surface area contributed by atoms with E-state index in [1.165, 1.54) is 0 Å². The van der Waals surface area contributed by atoms with Gasteiger partial charge in [0.15, 0.2) is 0 Å². The van der Waals surface area contributed by atoms with Crippen LogP contribution in [0.5, 0.6) is 0 Å². The molecule has 0 aliphatic carbocycles. The average molecular weight is 472 g/mol. The predicted molar refractivity (Wildman–Crippen MR) is 121 cm³/mol. The summed E-state index contributed by atoms with van der Waals surface area (Å²) in [6.07, 6.45) is -1.01. The Morgan fingerprint density at radius 3 is 2.50 bits per heavy atom. The standard InChI is InChI=1S/C23H23F3N6O2/c1-14-10-16(12-17(11-14)30-21-28-7-4-18(31-21)23(24,25)26)15-2-3-19(29-13-15)32-22(20(33)34)5-8-27-9-6-22/h2-4,7,10-13,27H,5-6,8-9H2,1H3,(H,29,32)(H,33,34)(H,28,30,31). The molecule has 11 heteroatoms. The largest absolute Gasteiger partial charge is 0.480 e. The zero-order valence-electron chi connectivity index (χ0n) is 18.3. The van der Waals surface area contributed by atoms with E-state index in [1.54, 1.807) is 24.4 Å². The molecule has 3 heterocycles. The molecule has 0 amide bonds. The summed E-state index contributed by atoms with van der Waals surface area (Å²) in [7, 11) is 0. The van der Waals surface area contributed by atoms with Crippen LogP contribution in [0.1, 0.15) is 24.1 Å². The number of benzene rings is 1. The fraction of sp³-hybridized carbons (Fsp3) is 0.304. The molecule has 4 rings (SSSR count). The minimum absolute atomic E-state index is 0.162. The van der Waals surface area contributed by atoms with Gasteiger partial charge >= 0.3 is 12.1 Å². The molecular weight excluding hydrogens is 449 g/mol. The second-order valence-electron chi connectivity index (χ2n) is 8.17. The van der Waals surface area contributed by atoms with Crippen molar-refractivity contribution in [1.29, 1.82) is 0 Å². The number of aliphatic carboxylic acids is 1. The molecule has 0 atom stereocenters. The van der Waals surface area contributed by atoms with Gasteiger partial charge in [-0.05, 0) is 74.3 Å². The average Bonchev–Trinajstić information content (AvgIpc) is 2.79. The number of nitrogens with one attached hydrogen (secondary N) is 3. The van der Waals surface area contributed by atoms with Crippen molar-refractivity contribution in [3.05, 3.63) is 60.0 Å². The van der Waals surface area contributed by atoms with E-state index in [1.807, 2.05) is 19.1 Å².